The molecule has 0 saturated heterocycles. The van der Waals surface area contributed by atoms with Crippen LogP contribution >= 0.6 is 15.8 Å². The van der Waals surface area contributed by atoms with Gasteiger partial charge in [-0.05, 0) is 43.4 Å². The summed E-state index contributed by atoms with van der Waals surface area (Å²) in [7, 11) is 0.935. The van der Waals surface area contributed by atoms with Crippen molar-refractivity contribution in [3.05, 3.63) is 18.2 Å². The fraction of sp³-hybridized carbons (Fsp3) is 0.700. The Morgan fingerprint density at radius 1 is 0.958 bits per heavy atom. The van der Waals surface area contributed by atoms with Gasteiger partial charge in [-0.3, -0.25) is 0 Å². The van der Waals surface area contributed by atoms with Crippen LogP contribution < -0.4 is 14.8 Å². The maximum atomic E-state index is 6.68. The second-order valence-corrected chi connectivity index (χ2v) is 16.8. The minimum atomic E-state index is -0.478. The lowest BCUT2D eigenvalue weighted by Crippen LogP contribution is -2.35. The van der Waals surface area contributed by atoms with E-state index in [0.29, 0.717) is 0 Å². The molecule has 4 heteroatoms. The Balaban J connectivity index is 2.63. The van der Waals surface area contributed by atoms with Crippen molar-refractivity contribution in [3.8, 4) is 11.5 Å². The molecule has 0 saturated carbocycles. The molecule has 1 aromatic rings. The van der Waals surface area contributed by atoms with Crippen molar-refractivity contribution in [2.24, 2.45) is 0 Å². The summed E-state index contributed by atoms with van der Waals surface area (Å²) in [5, 5.41) is 1.98. The van der Waals surface area contributed by atoms with Crippen LogP contribution in [0.15, 0.2) is 18.2 Å². The Morgan fingerprint density at radius 3 is 1.92 bits per heavy atom. The van der Waals surface area contributed by atoms with E-state index < -0.39 is 7.92 Å². The molecule has 1 aromatic carbocycles. The van der Waals surface area contributed by atoms with Gasteiger partial charge in [0.2, 0.25) is 0 Å². The average molecular weight is 368 g/mol. The predicted octanol–water partition coefficient (Wildman–Crippen LogP) is 6.36. The third kappa shape index (κ3) is 3.76. The molecule has 136 valence electrons. The number of hydrogen-bond acceptors (Lipinski definition) is 2. The molecule has 1 aliphatic heterocycles. The van der Waals surface area contributed by atoms with Crippen molar-refractivity contribution >= 4 is 21.1 Å². The van der Waals surface area contributed by atoms with Crippen LogP contribution in [0.25, 0.3) is 0 Å². The molecule has 0 aliphatic carbocycles. The van der Waals surface area contributed by atoms with Gasteiger partial charge < -0.3 is 9.47 Å². The first-order chi connectivity index (χ1) is 10.8. The van der Waals surface area contributed by atoms with E-state index in [1.54, 1.807) is 7.11 Å². The summed E-state index contributed by atoms with van der Waals surface area (Å²) in [6.45, 7) is 21.3. The van der Waals surface area contributed by atoms with Crippen LogP contribution in [0.2, 0.25) is 0 Å². The second-order valence-electron chi connectivity index (χ2n) is 9.50. The first-order valence-corrected chi connectivity index (χ1v) is 11.5. The summed E-state index contributed by atoms with van der Waals surface area (Å²) in [4.78, 5) is 0. The Kier molecular flexibility index (Phi) is 5.37. The Bertz CT molecular complexity index is 577. The zero-order valence-corrected chi connectivity index (χ0v) is 18.8. The molecule has 0 spiro atoms. The number of hydrogen-bond donors (Lipinski definition) is 0. The number of fused-ring (bicyclic) bond motifs is 1. The van der Waals surface area contributed by atoms with Gasteiger partial charge in [-0.2, -0.15) is 0 Å². The number of methoxy groups -OCH3 is 1. The van der Waals surface area contributed by atoms with Crippen LogP contribution in [0.4, 0.5) is 0 Å². The van der Waals surface area contributed by atoms with E-state index >= 15 is 0 Å². The van der Waals surface area contributed by atoms with E-state index in [1.165, 1.54) is 5.30 Å². The van der Waals surface area contributed by atoms with Crippen molar-refractivity contribution < 1.29 is 9.47 Å². The van der Waals surface area contributed by atoms with Crippen molar-refractivity contribution in [2.75, 3.05) is 7.11 Å². The van der Waals surface area contributed by atoms with Gasteiger partial charge in [-0.1, -0.05) is 68.4 Å². The minimum Gasteiger partial charge on any atom is -0.496 e. The van der Waals surface area contributed by atoms with E-state index in [4.69, 9.17) is 9.47 Å². The minimum absolute atomic E-state index is 0.178. The summed E-state index contributed by atoms with van der Waals surface area (Å²) in [5.41, 5.74) is 0.279. The van der Waals surface area contributed by atoms with Crippen molar-refractivity contribution in [2.45, 2.75) is 83.4 Å². The Morgan fingerprint density at radius 2 is 1.50 bits per heavy atom. The highest BCUT2D eigenvalue weighted by molar-refractivity contribution is 7.82. The van der Waals surface area contributed by atoms with E-state index in [1.807, 2.05) is 6.07 Å². The van der Waals surface area contributed by atoms with Gasteiger partial charge >= 0.3 is 0 Å². The molecule has 1 heterocycles. The molecule has 0 bridgehead atoms. The van der Waals surface area contributed by atoms with Gasteiger partial charge in [0, 0.05) is 0 Å². The highest BCUT2D eigenvalue weighted by atomic mass is 31.2. The Hall–Kier alpha value is -0.320. The lowest BCUT2D eigenvalue weighted by molar-refractivity contribution is 0.357. The van der Waals surface area contributed by atoms with Crippen LogP contribution in [0, 0.1) is 0 Å². The standard InChI is InChI=1S/C20H34O2P2/c1-18(2,3)23-16-14(21-10)12-11-13-15(16)22-17(23)24(19(4,5)6)20(7,8)9/h11-13,17H,1-10H3/t17?,23-/m1/s1. The van der Waals surface area contributed by atoms with Crippen LogP contribution in [0.1, 0.15) is 62.3 Å². The van der Waals surface area contributed by atoms with Gasteiger partial charge in [-0.25, -0.2) is 0 Å². The summed E-state index contributed by atoms with van der Waals surface area (Å²) in [6.07, 6.45) is 0. The largest absolute Gasteiger partial charge is 0.496 e. The second kappa shape index (κ2) is 6.44. The maximum absolute atomic E-state index is 6.68. The van der Waals surface area contributed by atoms with Crippen molar-refractivity contribution in [3.63, 3.8) is 0 Å². The normalized spacial score (nSPS) is 21.6. The molecule has 0 amide bonds. The summed E-state index contributed by atoms with van der Waals surface area (Å²) >= 11 is 0. The highest BCUT2D eigenvalue weighted by Gasteiger charge is 2.52. The molecule has 1 aliphatic rings. The van der Waals surface area contributed by atoms with Gasteiger partial charge in [-0.15, -0.1) is 0 Å². The highest BCUT2D eigenvalue weighted by Crippen LogP contribution is 2.75. The molecule has 0 aromatic heterocycles. The quantitative estimate of drug-likeness (QED) is 0.566. The third-order valence-corrected chi connectivity index (χ3v) is 12.0. The fourth-order valence-corrected chi connectivity index (χ4v) is 14.3. The number of rotatable bonds is 2. The van der Waals surface area contributed by atoms with Gasteiger partial charge in [0.15, 0.2) is 0 Å². The number of benzene rings is 1. The smallest absolute Gasteiger partial charge is 0.141 e. The molecular weight excluding hydrogens is 334 g/mol. The van der Waals surface area contributed by atoms with E-state index in [2.05, 4.69) is 74.4 Å². The van der Waals surface area contributed by atoms with Crippen molar-refractivity contribution in [1.29, 1.82) is 0 Å². The fourth-order valence-electron chi connectivity index (χ4n) is 3.78. The van der Waals surface area contributed by atoms with E-state index in [0.717, 1.165) is 11.5 Å². The molecule has 0 fully saturated rings. The maximum Gasteiger partial charge on any atom is 0.141 e. The monoisotopic (exact) mass is 368 g/mol. The van der Waals surface area contributed by atoms with Crippen LogP contribution in [0.5, 0.6) is 11.5 Å². The van der Waals surface area contributed by atoms with Gasteiger partial charge in [0.1, 0.15) is 17.1 Å². The van der Waals surface area contributed by atoms with Crippen LogP contribution in [-0.4, -0.2) is 28.2 Å². The summed E-state index contributed by atoms with van der Waals surface area (Å²) < 4.78 is 12.4. The first kappa shape index (κ1) is 20.0. The van der Waals surface area contributed by atoms with Crippen LogP contribution in [-0.2, 0) is 0 Å². The van der Waals surface area contributed by atoms with Crippen molar-refractivity contribution in [1.82, 2.24) is 0 Å². The lowest BCUT2D eigenvalue weighted by Gasteiger charge is -2.48. The molecule has 24 heavy (non-hydrogen) atoms. The first-order valence-electron chi connectivity index (χ1n) is 8.71. The molecule has 2 atom stereocenters. The summed E-state index contributed by atoms with van der Waals surface area (Å²) in [5.74, 6) is 2.04. The van der Waals surface area contributed by atoms with Crippen LogP contribution in [0.3, 0.4) is 0 Å². The Labute approximate surface area is 151 Å². The average Bonchev–Trinajstić information content (AvgIpc) is 2.72. The van der Waals surface area contributed by atoms with Gasteiger partial charge in [0.05, 0.1) is 12.4 Å². The van der Waals surface area contributed by atoms with E-state index in [-0.39, 0.29) is 29.0 Å². The molecule has 2 nitrogen and oxygen atoms in total. The lowest BCUT2D eigenvalue weighted by atomic mass is 10.2. The molecule has 0 radical (unpaired) electrons. The summed E-state index contributed by atoms with van der Waals surface area (Å²) in [6, 6.07) is 6.26. The molecule has 2 rings (SSSR count). The molecular formula is C20H34O2P2. The molecule has 0 N–H and O–H groups in total. The zero-order valence-electron chi connectivity index (χ0n) is 17.0. The number of ether oxygens (including phenoxy) is 2. The SMILES string of the molecule is COc1cccc2c1[P@@](C(C)(C)C)C(P(C(C)(C)C)C(C)(C)C)O2. The zero-order chi connectivity index (χ0) is 18.5. The molecule has 1 unspecified atom stereocenters. The predicted molar refractivity (Wildman–Crippen MR) is 110 cm³/mol. The van der Waals surface area contributed by atoms with E-state index in [9.17, 15) is 0 Å². The van der Waals surface area contributed by atoms with Gasteiger partial charge in [0.25, 0.3) is 0 Å². The third-order valence-electron chi connectivity index (χ3n) is 4.27. The topological polar surface area (TPSA) is 18.5 Å².